The minimum absolute atomic E-state index is 0.311. The normalized spacial score (nSPS) is 12.7. The van der Waals surface area contributed by atoms with E-state index in [0.717, 1.165) is 11.5 Å². The van der Waals surface area contributed by atoms with Crippen LogP contribution in [0.1, 0.15) is 0 Å². The molecule has 0 unspecified atom stereocenters. The molecule has 1 aliphatic rings. The number of benzene rings is 4. The molecule has 4 aromatic carbocycles. The average molecular weight is 474 g/mol. The third kappa shape index (κ3) is 1.85. The fourth-order valence-corrected chi connectivity index (χ4v) is 9.28. The van der Waals surface area contributed by atoms with Crippen molar-refractivity contribution in [2.24, 2.45) is 0 Å². The van der Waals surface area contributed by atoms with Gasteiger partial charge in [-0.15, -0.1) is 0 Å². The molecule has 126 valence electrons. The Kier molecular flexibility index (Phi) is 2.82. The van der Waals surface area contributed by atoms with Crippen LogP contribution in [0.2, 0.25) is 0 Å². The fraction of sp³-hybridized carbons (Fsp3) is 0. The van der Waals surface area contributed by atoms with E-state index in [-0.39, 0.29) is 0 Å². The predicted molar refractivity (Wildman–Crippen MR) is 116 cm³/mol. The SMILES string of the molecule is c1ccc2c3c([se]c2c1)-c1cccc2c1c(cc1c4ccccc4[se]c21)O3. The van der Waals surface area contributed by atoms with E-state index in [1.54, 1.807) is 0 Å². The van der Waals surface area contributed by atoms with Crippen molar-refractivity contribution in [3.63, 3.8) is 0 Å². The van der Waals surface area contributed by atoms with Crippen LogP contribution in [-0.4, -0.2) is 29.0 Å². The van der Waals surface area contributed by atoms with E-state index in [4.69, 9.17) is 4.74 Å². The Morgan fingerprint density at radius 1 is 0.630 bits per heavy atom. The molecule has 0 amide bonds. The van der Waals surface area contributed by atoms with Gasteiger partial charge in [0.1, 0.15) is 0 Å². The quantitative estimate of drug-likeness (QED) is 0.239. The van der Waals surface area contributed by atoms with Gasteiger partial charge in [-0.1, -0.05) is 0 Å². The molecule has 3 heterocycles. The zero-order valence-electron chi connectivity index (χ0n) is 14.2. The van der Waals surface area contributed by atoms with Crippen LogP contribution in [-0.2, 0) is 0 Å². The fourth-order valence-electron chi connectivity index (χ4n) is 4.30. The third-order valence-corrected chi connectivity index (χ3v) is 10.5. The second-order valence-corrected chi connectivity index (χ2v) is 11.4. The van der Waals surface area contributed by atoms with Gasteiger partial charge in [-0.05, 0) is 0 Å². The van der Waals surface area contributed by atoms with E-state index >= 15 is 0 Å². The van der Waals surface area contributed by atoms with Crippen LogP contribution in [0.4, 0.5) is 0 Å². The van der Waals surface area contributed by atoms with E-state index in [9.17, 15) is 0 Å². The summed E-state index contributed by atoms with van der Waals surface area (Å²) < 4.78 is 12.4. The Hall–Kier alpha value is -2.28. The molecule has 0 saturated heterocycles. The number of ether oxygens (including phenoxy) is 1. The van der Waals surface area contributed by atoms with Gasteiger partial charge in [-0.25, -0.2) is 0 Å². The Morgan fingerprint density at radius 3 is 2.26 bits per heavy atom. The first kappa shape index (κ1) is 14.7. The monoisotopic (exact) mass is 476 g/mol. The molecule has 1 aliphatic heterocycles. The zero-order chi connectivity index (χ0) is 17.5. The van der Waals surface area contributed by atoms with Crippen LogP contribution >= 0.6 is 0 Å². The van der Waals surface area contributed by atoms with Crippen molar-refractivity contribution in [3.8, 4) is 21.5 Å². The molecule has 7 rings (SSSR count). The van der Waals surface area contributed by atoms with E-state index < -0.39 is 0 Å². The summed E-state index contributed by atoms with van der Waals surface area (Å²) in [5.41, 5.74) is 1.38. The number of hydrogen-bond acceptors (Lipinski definition) is 1. The van der Waals surface area contributed by atoms with Gasteiger partial charge in [0.25, 0.3) is 0 Å². The van der Waals surface area contributed by atoms with Crippen LogP contribution in [0.5, 0.6) is 11.5 Å². The van der Waals surface area contributed by atoms with Crippen LogP contribution in [0.25, 0.3) is 49.7 Å². The summed E-state index contributed by atoms with van der Waals surface area (Å²) in [5.74, 6) is 2.11. The standard InChI is InChI=1S/C24H12OSe2/c1-3-10-19-13(6-1)17-12-18-21-15(23(17)26-19)8-5-9-16(21)24-22(25-18)14-7-2-4-11-20(14)27-24/h1-12H. The number of rotatable bonds is 0. The molecule has 0 radical (unpaired) electrons. The number of fused-ring (bicyclic) bond motifs is 8. The van der Waals surface area contributed by atoms with Crippen LogP contribution < -0.4 is 4.74 Å². The molecular formula is C24H12OSe2. The van der Waals surface area contributed by atoms with Crippen molar-refractivity contribution in [1.29, 1.82) is 0 Å². The second kappa shape index (κ2) is 5.16. The molecule has 27 heavy (non-hydrogen) atoms. The first-order valence-corrected chi connectivity index (χ1v) is 12.4. The summed E-state index contributed by atoms with van der Waals surface area (Å²) in [5, 5.41) is 6.73. The summed E-state index contributed by atoms with van der Waals surface area (Å²) in [4.78, 5) is 0. The van der Waals surface area contributed by atoms with Crippen molar-refractivity contribution in [2.45, 2.75) is 0 Å². The summed E-state index contributed by atoms with van der Waals surface area (Å²) in [7, 11) is 0. The molecule has 0 aliphatic carbocycles. The molecule has 0 spiro atoms. The van der Waals surface area contributed by atoms with Crippen molar-refractivity contribution in [2.75, 3.05) is 0 Å². The van der Waals surface area contributed by atoms with Gasteiger partial charge in [0, 0.05) is 0 Å². The molecular weight excluding hydrogens is 462 g/mol. The molecule has 2 aromatic heterocycles. The van der Waals surface area contributed by atoms with E-state index in [0.29, 0.717) is 29.0 Å². The van der Waals surface area contributed by atoms with Crippen molar-refractivity contribution in [3.05, 3.63) is 72.8 Å². The molecule has 6 aromatic rings. The van der Waals surface area contributed by atoms with Gasteiger partial charge < -0.3 is 0 Å². The summed E-state index contributed by atoms with van der Waals surface area (Å²) >= 11 is 0.673. The van der Waals surface area contributed by atoms with E-state index in [1.165, 1.54) is 49.7 Å². The summed E-state index contributed by atoms with van der Waals surface area (Å²) in [6.07, 6.45) is 0. The van der Waals surface area contributed by atoms with Gasteiger partial charge in [0.15, 0.2) is 0 Å². The topological polar surface area (TPSA) is 9.23 Å². The average Bonchev–Trinajstić information content (AvgIpc) is 3.27. The van der Waals surface area contributed by atoms with Crippen molar-refractivity contribution >= 4 is 68.7 Å². The van der Waals surface area contributed by atoms with E-state index in [1.807, 2.05) is 0 Å². The van der Waals surface area contributed by atoms with Gasteiger partial charge >= 0.3 is 168 Å². The van der Waals surface area contributed by atoms with Gasteiger partial charge in [-0.3, -0.25) is 0 Å². The number of hydrogen-bond donors (Lipinski definition) is 0. The van der Waals surface area contributed by atoms with Crippen LogP contribution in [0, 0.1) is 0 Å². The Morgan fingerprint density at radius 2 is 1.37 bits per heavy atom. The molecule has 3 heteroatoms. The third-order valence-electron chi connectivity index (χ3n) is 5.47. The zero-order valence-corrected chi connectivity index (χ0v) is 17.6. The molecule has 1 nitrogen and oxygen atoms in total. The molecule has 0 atom stereocenters. The van der Waals surface area contributed by atoms with Crippen LogP contribution in [0.15, 0.2) is 72.8 Å². The predicted octanol–water partition coefficient (Wildman–Crippen LogP) is 6.19. The molecule has 0 fully saturated rings. The minimum atomic E-state index is 0.311. The Bertz CT molecular complexity index is 1550. The Balaban J connectivity index is 1.70. The maximum atomic E-state index is 6.60. The first-order chi connectivity index (χ1) is 13.4. The van der Waals surface area contributed by atoms with Crippen LogP contribution in [0.3, 0.4) is 0 Å². The Labute approximate surface area is 167 Å². The first-order valence-electron chi connectivity index (χ1n) is 8.95. The second-order valence-electron chi connectivity index (χ2n) is 6.94. The summed E-state index contributed by atoms with van der Waals surface area (Å²) in [6, 6.07) is 26.7. The van der Waals surface area contributed by atoms with Crippen molar-refractivity contribution in [1.82, 2.24) is 0 Å². The molecule has 0 N–H and O–H groups in total. The summed E-state index contributed by atoms with van der Waals surface area (Å²) in [6.45, 7) is 0. The van der Waals surface area contributed by atoms with Gasteiger partial charge in [-0.2, -0.15) is 0 Å². The maximum absolute atomic E-state index is 6.60. The van der Waals surface area contributed by atoms with Crippen molar-refractivity contribution < 1.29 is 4.74 Å². The molecule has 0 saturated carbocycles. The van der Waals surface area contributed by atoms with E-state index in [2.05, 4.69) is 72.8 Å². The van der Waals surface area contributed by atoms with Gasteiger partial charge in [0.05, 0.1) is 0 Å². The molecule has 0 bridgehead atoms. The van der Waals surface area contributed by atoms with Gasteiger partial charge in [0.2, 0.25) is 0 Å².